The van der Waals surface area contributed by atoms with E-state index in [9.17, 15) is 0 Å². The van der Waals surface area contributed by atoms with Gasteiger partial charge in [-0.3, -0.25) is 0 Å². The Bertz CT molecular complexity index is 655. The molecule has 2 aromatic carbocycles. The quantitative estimate of drug-likeness (QED) is 0.505. The van der Waals surface area contributed by atoms with Crippen LogP contribution in [0.2, 0.25) is 10.0 Å². The molecule has 15 heavy (non-hydrogen) atoms. The van der Waals surface area contributed by atoms with E-state index in [0.717, 1.165) is 5.39 Å². The van der Waals surface area contributed by atoms with E-state index in [4.69, 9.17) is 23.2 Å². The Morgan fingerprint density at radius 1 is 0.867 bits per heavy atom. The van der Waals surface area contributed by atoms with Crippen molar-refractivity contribution >= 4 is 54.7 Å². The summed E-state index contributed by atoms with van der Waals surface area (Å²) in [6.45, 7) is 0. The van der Waals surface area contributed by atoms with Gasteiger partial charge in [-0.05, 0) is 18.2 Å². The maximum absolute atomic E-state index is 6.22. The van der Waals surface area contributed by atoms with Gasteiger partial charge in [-0.1, -0.05) is 41.4 Å². The second-order valence-electron chi connectivity index (χ2n) is 3.33. The third-order valence-electron chi connectivity index (χ3n) is 2.43. The Labute approximate surface area is 101 Å². The first-order valence-electron chi connectivity index (χ1n) is 4.52. The largest absolute Gasteiger partial charge is 0.135 e. The number of hydrogen-bond donors (Lipinski definition) is 0. The minimum atomic E-state index is 0.618. The first kappa shape index (κ1) is 9.46. The Morgan fingerprint density at radius 2 is 1.67 bits per heavy atom. The minimum absolute atomic E-state index is 0.618. The molecule has 0 saturated heterocycles. The van der Waals surface area contributed by atoms with E-state index in [0.29, 0.717) is 10.0 Å². The Hall–Kier alpha value is -0.760. The van der Waals surface area contributed by atoms with Crippen LogP contribution in [-0.4, -0.2) is 0 Å². The third-order valence-corrected chi connectivity index (χ3v) is 4.37. The van der Waals surface area contributed by atoms with Gasteiger partial charge in [-0.2, -0.15) is 0 Å². The molecule has 1 aromatic heterocycles. The molecule has 0 saturated carbocycles. The molecule has 0 aliphatic carbocycles. The SMILES string of the molecule is Clc1ccc2sc3ccccc3c2c1Cl. The fraction of sp³-hybridized carbons (Fsp3) is 0. The summed E-state index contributed by atoms with van der Waals surface area (Å²) < 4.78 is 2.43. The van der Waals surface area contributed by atoms with Crippen LogP contribution in [0.1, 0.15) is 0 Å². The van der Waals surface area contributed by atoms with E-state index in [2.05, 4.69) is 12.1 Å². The monoisotopic (exact) mass is 252 g/mol. The van der Waals surface area contributed by atoms with E-state index in [1.54, 1.807) is 11.3 Å². The first-order valence-corrected chi connectivity index (χ1v) is 6.10. The summed E-state index contributed by atoms with van der Waals surface area (Å²) in [5.41, 5.74) is 0. The molecule has 1 heterocycles. The van der Waals surface area contributed by atoms with Gasteiger partial charge in [0.05, 0.1) is 10.0 Å². The molecule has 0 amide bonds. The number of halogens is 2. The molecule has 0 aliphatic heterocycles. The maximum Gasteiger partial charge on any atom is 0.0685 e. The molecule has 3 heteroatoms. The number of benzene rings is 2. The first-order chi connectivity index (χ1) is 7.27. The van der Waals surface area contributed by atoms with Crippen LogP contribution in [0.15, 0.2) is 36.4 Å². The highest BCUT2D eigenvalue weighted by Gasteiger charge is 2.09. The van der Waals surface area contributed by atoms with Crippen LogP contribution in [0, 0.1) is 0 Å². The van der Waals surface area contributed by atoms with Gasteiger partial charge in [-0.25, -0.2) is 0 Å². The van der Waals surface area contributed by atoms with E-state index >= 15 is 0 Å². The van der Waals surface area contributed by atoms with Gasteiger partial charge >= 0.3 is 0 Å². The van der Waals surface area contributed by atoms with Crippen molar-refractivity contribution in [2.45, 2.75) is 0 Å². The summed E-state index contributed by atoms with van der Waals surface area (Å²) >= 11 is 14.0. The average molecular weight is 253 g/mol. The van der Waals surface area contributed by atoms with Crippen molar-refractivity contribution < 1.29 is 0 Å². The van der Waals surface area contributed by atoms with Gasteiger partial charge in [-0.15, -0.1) is 11.3 Å². The molecule has 0 aliphatic rings. The number of thiophene rings is 1. The van der Waals surface area contributed by atoms with Crippen molar-refractivity contribution in [1.82, 2.24) is 0 Å². The van der Waals surface area contributed by atoms with Crippen LogP contribution in [0.25, 0.3) is 20.2 Å². The van der Waals surface area contributed by atoms with Crippen LogP contribution in [0.5, 0.6) is 0 Å². The van der Waals surface area contributed by atoms with Gasteiger partial charge in [0, 0.05) is 20.2 Å². The number of hydrogen-bond acceptors (Lipinski definition) is 1. The molecule has 0 fully saturated rings. The molecule has 3 aromatic rings. The molecule has 0 nitrogen and oxygen atoms in total. The van der Waals surface area contributed by atoms with Crippen molar-refractivity contribution in [3.05, 3.63) is 46.4 Å². The number of rotatable bonds is 0. The van der Waals surface area contributed by atoms with Crippen molar-refractivity contribution in [2.24, 2.45) is 0 Å². The maximum atomic E-state index is 6.22. The van der Waals surface area contributed by atoms with Gasteiger partial charge in [0.2, 0.25) is 0 Å². The fourth-order valence-electron chi connectivity index (χ4n) is 1.75. The summed E-state index contributed by atoms with van der Waals surface area (Å²) in [7, 11) is 0. The summed E-state index contributed by atoms with van der Waals surface area (Å²) in [4.78, 5) is 0. The summed E-state index contributed by atoms with van der Waals surface area (Å²) in [5.74, 6) is 0. The van der Waals surface area contributed by atoms with Gasteiger partial charge in [0.1, 0.15) is 0 Å². The molecule has 0 atom stereocenters. The average Bonchev–Trinajstić information content (AvgIpc) is 2.62. The van der Waals surface area contributed by atoms with Crippen LogP contribution in [0.4, 0.5) is 0 Å². The zero-order valence-electron chi connectivity index (χ0n) is 7.63. The molecular weight excluding hydrogens is 247 g/mol. The van der Waals surface area contributed by atoms with Crippen LogP contribution < -0.4 is 0 Å². The Morgan fingerprint density at radius 3 is 2.53 bits per heavy atom. The molecule has 0 radical (unpaired) electrons. The number of fused-ring (bicyclic) bond motifs is 3. The van der Waals surface area contributed by atoms with Crippen LogP contribution >= 0.6 is 34.5 Å². The van der Waals surface area contributed by atoms with Gasteiger partial charge in [0.25, 0.3) is 0 Å². The van der Waals surface area contributed by atoms with Crippen molar-refractivity contribution in [3.8, 4) is 0 Å². The highest BCUT2D eigenvalue weighted by atomic mass is 35.5. The zero-order valence-corrected chi connectivity index (χ0v) is 9.96. The van der Waals surface area contributed by atoms with E-state index in [-0.39, 0.29) is 0 Å². The lowest BCUT2D eigenvalue weighted by Crippen LogP contribution is -1.70. The smallest absolute Gasteiger partial charge is 0.0685 e. The second kappa shape index (κ2) is 3.38. The molecule has 0 spiro atoms. The van der Waals surface area contributed by atoms with Crippen molar-refractivity contribution in [2.75, 3.05) is 0 Å². The van der Waals surface area contributed by atoms with Gasteiger partial charge in [0.15, 0.2) is 0 Å². The standard InChI is InChI=1S/C12H6Cl2S/c13-8-5-6-10-11(12(8)14)7-3-1-2-4-9(7)15-10/h1-6H. The highest BCUT2D eigenvalue weighted by molar-refractivity contribution is 7.26. The lowest BCUT2D eigenvalue weighted by atomic mass is 10.1. The molecule has 0 bridgehead atoms. The van der Waals surface area contributed by atoms with E-state index in [1.807, 2.05) is 24.3 Å². The molecule has 74 valence electrons. The summed E-state index contributed by atoms with van der Waals surface area (Å²) in [5, 5.41) is 3.54. The minimum Gasteiger partial charge on any atom is -0.135 e. The molecular formula is C12H6Cl2S. The molecule has 3 rings (SSSR count). The second-order valence-corrected chi connectivity index (χ2v) is 5.20. The predicted molar refractivity (Wildman–Crippen MR) is 69.4 cm³/mol. The Balaban J connectivity index is 2.63. The summed E-state index contributed by atoms with van der Waals surface area (Å²) in [6, 6.07) is 12.1. The zero-order chi connectivity index (χ0) is 10.4. The Kier molecular flexibility index (Phi) is 2.13. The molecule has 0 N–H and O–H groups in total. The lowest BCUT2D eigenvalue weighted by Gasteiger charge is -1.97. The normalized spacial score (nSPS) is 11.3. The highest BCUT2D eigenvalue weighted by Crippen LogP contribution is 2.40. The van der Waals surface area contributed by atoms with E-state index in [1.165, 1.54) is 14.8 Å². The third kappa shape index (κ3) is 1.35. The predicted octanol–water partition coefficient (Wildman–Crippen LogP) is 5.36. The topological polar surface area (TPSA) is 0 Å². The lowest BCUT2D eigenvalue weighted by molar-refractivity contribution is 1.83. The van der Waals surface area contributed by atoms with Crippen molar-refractivity contribution in [1.29, 1.82) is 0 Å². The van der Waals surface area contributed by atoms with Crippen LogP contribution in [0.3, 0.4) is 0 Å². The van der Waals surface area contributed by atoms with Crippen LogP contribution in [-0.2, 0) is 0 Å². The van der Waals surface area contributed by atoms with E-state index < -0.39 is 0 Å². The van der Waals surface area contributed by atoms with Crippen molar-refractivity contribution in [3.63, 3.8) is 0 Å². The molecule has 0 unspecified atom stereocenters. The summed E-state index contributed by atoms with van der Waals surface area (Å²) in [6.07, 6.45) is 0. The fourth-order valence-corrected chi connectivity index (χ4v) is 3.34. The van der Waals surface area contributed by atoms with Gasteiger partial charge < -0.3 is 0 Å².